The smallest absolute Gasteiger partial charge is 0.211 e. The second-order valence-electron chi connectivity index (χ2n) is 5.58. The highest BCUT2D eigenvalue weighted by Crippen LogP contribution is 2.36. The van der Waals surface area contributed by atoms with Gasteiger partial charge in [-0.15, -0.1) is 11.3 Å². The minimum Gasteiger partial charge on any atom is -0.371 e. The van der Waals surface area contributed by atoms with Crippen LogP contribution in [0.2, 0.25) is 0 Å². The van der Waals surface area contributed by atoms with Crippen molar-refractivity contribution in [2.75, 3.05) is 31.3 Å². The summed E-state index contributed by atoms with van der Waals surface area (Å²) in [5.41, 5.74) is -0.323. The molecule has 8 heteroatoms. The van der Waals surface area contributed by atoms with E-state index in [4.69, 9.17) is 4.74 Å². The van der Waals surface area contributed by atoms with Crippen LogP contribution in [0.4, 0.5) is 5.13 Å². The molecule has 2 fully saturated rings. The third kappa shape index (κ3) is 2.98. The highest BCUT2D eigenvalue weighted by Gasteiger charge is 2.45. The van der Waals surface area contributed by atoms with Crippen LogP contribution >= 0.6 is 11.3 Å². The Balaban J connectivity index is 1.65. The van der Waals surface area contributed by atoms with Crippen LogP contribution in [0.15, 0.2) is 11.6 Å². The molecule has 0 radical (unpaired) electrons. The molecule has 3 rings (SSSR count). The first-order chi connectivity index (χ1) is 9.47. The van der Waals surface area contributed by atoms with E-state index in [9.17, 15) is 8.42 Å². The Morgan fingerprint density at radius 3 is 3.15 bits per heavy atom. The molecule has 112 valence electrons. The topological polar surface area (TPSA) is 71.5 Å². The number of anilines is 1. The van der Waals surface area contributed by atoms with Crippen LogP contribution in [-0.4, -0.2) is 55.3 Å². The van der Waals surface area contributed by atoms with Crippen LogP contribution in [0, 0.1) is 0 Å². The van der Waals surface area contributed by atoms with Crippen molar-refractivity contribution in [1.29, 1.82) is 0 Å². The molecule has 0 aromatic carbocycles. The van der Waals surface area contributed by atoms with Gasteiger partial charge in [-0.05, 0) is 12.8 Å². The molecular formula is C12H19N3O3S2. The standard InChI is InChI=1S/C12H19N3O3S2/c1-20(16,17)15-5-2-3-12(9-15)7-10(8-18-12)14-11-13-4-6-19-11/h4,6,10H,2-3,5,7-9H2,1H3,(H,13,14)/t10-,12+/m1/s1. The molecule has 0 bridgehead atoms. The van der Waals surface area contributed by atoms with E-state index >= 15 is 0 Å². The van der Waals surface area contributed by atoms with Crippen molar-refractivity contribution >= 4 is 26.5 Å². The van der Waals surface area contributed by atoms with Gasteiger partial charge in [0.15, 0.2) is 5.13 Å². The summed E-state index contributed by atoms with van der Waals surface area (Å²) in [6.45, 7) is 1.69. The zero-order valence-electron chi connectivity index (χ0n) is 11.4. The Kier molecular flexibility index (Phi) is 3.74. The van der Waals surface area contributed by atoms with Gasteiger partial charge in [-0.1, -0.05) is 0 Å². The molecule has 2 atom stereocenters. The molecule has 2 saturated heterocycles. The Morgan fingerprint density at radius 2 is 2.45 bits per heavy atom. The van der Waals surface area contributed by atoms with Crippen LogP contribution in [0.25, 0.3) is 0 Å². The summed E-state index contributed by atoms with van der Waals surface area (Å²) in [4.78, 5) is 4.21. The van der Waals surface area contributed by atoms with Crippen LogP contribution in [0.1, 0.15) is 19.3 Å². The van der Waals surface area contributed by atoms with Gasteiger partial charge in [0.05, 0.1) is 24.5 Å². The number of hydrogen-bond donors (Lipinski definition) is 1. The number of ether oxygens (including phenoxy) is 1. The maximum atomic E-state index is 11.7. The number of nitrogens with zero attached hydrogens (tertiary/aromatic N) is 2. The van der Waals surface area contributed by atoms with Crippen molar-refractivity contribution in [1.82, 2.24) is 9.29 Å². The van der Waals surface area contributed by atoms with Crippen LogP contribution in [0.3, 0.4) is 0 Å². The lowest BCUT2D eigenvalue weighted by Gasteiger charge is -2.38. The highest BCUT2D eigenvalue weighted by atomic mass is 32.2. The van der Waals surface area contributed by atoms with Crippen molar-refractivity contribution < 1.29 is 13.2 Å². The van der Waals surface area contributed by atoms with E-state index in [1.54, 1.807) is 21.8 Å². The van der Waals surface area contributed by atoms with E-state index < -0.39 is 10.0 Å². The van der Waals surface area contributed by atoms with Gasteiger partial charge in [0.2, 0.25) is 10.0 Å². The van der Waals surface area contributed by atoms with Crippen molar-refractivity contribution in [2.45, 2.75) is 30.9 Å². The van der Waals surface area contributed by atoms with E-state index in [2.05, 4.69) is 10.3 Å². The zero-order valence-corrected chi connectivity index (χ0v) is 13.0. The van der Waals surface area contributed by atoms with Crippen molar-refractivity contribution in [3.63, 3.8) is 0 Å². The Hall–Kier alpha value is -0.700. The van der Waals surface area contributed by atoms with Crippen molar-refractivity contribution in [3.05, 3.63) is 11.6 Å². The summed E-state index contributed by atoms with van der Waals surface area (Å²) < 4.78 is 30.9. The maximum absolute atomic E-state index is 11.7. The number of piperidine rings is 1. The minimum atomic E-state index is -3.13. The van der Waals surface area contributed by atoms with Crippen molar-refractivity contribution in [3.8, 4) is 0 Å². The molecule has 20 heavy (non-hydrogen) atoms. The largest absolute Gasteiger partial charge is 0.371 e. The molecule has 6 nitrogen and oxygen atoms in total. The number of hydrogen-bond acceptors (Lipinski definition) is 6. The monoisotopic (exact) mass is 317 g/mol. The first-order valence-electron chi connectivity index (χ1n) is 6.72. The Labute approximate surface area is 123 Å². The number of nitrogens with one attached hydrogen (secondary N) is 1. The molecule has 0 amide bonds. The first kappa shape index (κ1) is 14.2. The lowest BCUT2D eigenvalue weighted by atomic mass is 9.90. The number of sulfonamides is 1. The molecule has 2 aliphatic rings. The van der Waals surface area contributed by atoms with Gasteiger partial charge in [-0.25, -0.2) is 13.4 Å². The summed E-state index contributed by atoms with van der Waals surface area (Å²) in [6.07, 6.45) is 5.65. The van der Waals surface area contributed by atoms with Crippen LogP contribution < -0.4 is 5.32 Å². The summed E-state index contributed by atoms with van der Waals surface area (Å²) in [7, 11) is -3.13. The Bertz CT molecular complexity index is 561. The summed E-state index contributed by atoms with van der Waals surface area (Å²) in [6, 6.07) is 0.209. The molecule has 0 aliphatic carbocycles. The third-order valence-electron chi connectivity index (χ3n) is 3.94. The molecule has 1 aromatic heterocycles. The van der Waals surface area contributed by atoms with E-state index in [0.29, 0.717) is 19.7 Å². The second-order valence-corrected chi connectivity index (χ2v) is 8.45. The lowest BCUT2D eigenvalue weighted by molar-refractivity contribution is -0.0328. The van der Waals surface area contributed by atoms with E-state index in [1.807, 2.05) is 5.38 Å². The maximum Gasteiger partial charge on any atom is 0.211 e. The fourth-order valence-corrected chi connectivity index (χ4v) is 4.57. The minimum absolute atomic E-state index is 0.209. The van der Waals surface area contributed by atoms with E-state index in [1.165, 1.54) is 6.26 Å². The summed E-state index contributed by atoms with van der Waals surface area (Å²) >= 11 is 1.57. The average molecular weight is 317 g/mol. The van der Waals surface area contributed by atoms with Gasteiger partial charge >= 0.3 is 0 Å². The molecular weight excluding hydrogens is 298 g/mol. The van der Waals surface area contributed by atoms with Gasteiger partial charge in [0, 0.05) is 31.1 Å². The van der Waals surface area contributed by atoms with Crippen LogP contribution in [-0.2, 0) is 14.8 Å². The average Bonchev–Trinajstić information content (AvgIpc) is 3.00. The summed E-state index contributed by atoms with van der Waals surface area (Å²) in [5.74, 6) is 0. The molecule has 1 spiro atoms. The molecule has 1 aromatic rings. The van der Waals surface area contributed by atoms with E-state index in [-0.39, 0.29) is 11.6 Å². The van der Waals surface area contributed by atoms with Gasteiger partial charge in [-0.3, -0.25) is 0 Å². The van der Waals surface area contributed by atoms with E-state index in [0.717, 1.165) is 24.4 Å². The number of thiazole rings is 1. The fourth-order valence-electron chi connectivity index (χ4n) is 3.03. The zero-order chi connectivity index (χ0) is 14.2. The number of aromatic nitrogens is 1. The first-order valence-corrected chi connectivity index (χ1v) is 9.45. The predicted octanol–water partition coefficient (Wildman–Crippen LogP) is 1.14. The molecule has 0 saturated carbocycles. The van der Waals surface area contributed by atoms with Gasteiger partial charge in [0.1, 0.15) is 0 Å². The van der Waals surface area contributed by atoms with Gasteiger partial charge in [-0.2, -0.15) is 4.31 Å². The summed E-state index contributed by atoms with van der Waals surface area (Å²) in [5, 5.41) is 6.19. The molecule has 2 aliphatic heterocycles. The molecule has 3 heterocycles. The quantitative estimate of drug-likeness (QED) is 0.905. The Morgan fingerprint density at radius 1 is 1.60 bits per heavy atom. The molecule has 0 unspecified atom stereocenters. The third-order valence-corrected chi connectivity index (χ3v) is 5.90. The highest BCUT2D eigenvalue weighted by molar-refractivity contribution is 7.88. The van der Waals surface area contributed by atoms with Crippen LogP contribution in [0.5, 0.6) is 0 Å². The normalized spacial score (nSPS) is 31.8. The van der Waals surface area contributed by atoms with Gasteiger partial charge in [0.25, 0.3) is 0 Å². The number of rotatable bonds is 3. The predicted molar refractivity (Wildman–Crippen MR) is 78.5 cm³/mol. The lowest BCUT2D eigenvalue weighted by Crippen LogP contribution is -2.50. The SMILES string of the molecule is CS(=O)(=O)N1CCC[C@]2(C[C@@H](Nc3nccs3)CO2)C1. The van der Waals surface area contributed by atoms with Gasteiger partial charge < -0.3 is 10.1 Å². The molecule has 1 N–H and O–H groups in total. The van der Waals surface area contributed by atoms with Crippen molar-refractivity contribution in [2.24, 2.45) is 0 Å². The second kappa shape index (κ2) is 5.25. The fraction of sp³-hybridized carbons (Fsp3) is 0.750.